The second kappa shape index (κ2) is 4.98. The van der Waals surface area contributed by atoms with Gasteiger partial charge in [-0.15, -0.1) is 10.2 Å². The maximum absolute atomic E-state index is 5.29. The molecule has 19 heavy (non-hydrogen) atoms. The minimum absolute atomic E-state index is 0.229. The summed E-state index contributed by atoms with van der Waals surface area (Å²) in [4.78, 5) is 0.459. The second-order valence-electron chi connectivity index (χ2n) is 3.57. The van der Waals surface area contributed by atoms with Gasteiger partial charge in [0.25, 0.3) is 9.67 Å². The molecule has 0 amide bonds. The standard InChI is InChI=1S/C10H5IN4O2S2/c11-6-2-4(7-12-14-9(18)16-7)1-5(3-6)8-13-15-10(19)17-8/h1-3H,(H,14,18)(H,15,19). The van der Waals surface area contributed by atoms with Crippen LogP contribution in [-0.4, -0.2) is 20.4 Å². The van der Waals surface area contributed by atoms with Crippen LogP contribution in [0.4, 0.5) is 0 Å². The van der Waals surface area contributed by atoms with E-state index in [2.05, 4.69) is 43.0 Å². The number of hydrogen-bond acceptors (Lipinski definition) is 6. The van der Waals surface area contributed by atoms with Crippen LogP contribution in [0, 0.1) is 13.2 Å². The lowest BCUT2D eigenvalue weighted by Gasteiger charge is -2.00. The predicted octanol–water partition coefficient (Wildman–Crippen LogP) is 3.72. The maximum atomic E-state index is 5.29. The summed E-state index contributed by atoms with van der Waals surface area (Å²) >= 11 is 11.9. The van der Waals surface area contributed by atoms with Crippen LogP contribution in [0.25, 0.3) is 22.9 Å². The van der Waals surface area contributed by atoms with Gasteiger partial charge in [0.2, 0.25) is 11.8 Å². The summed E-state index contributed by atoms with van der Waals surface area (Å²) < 4.78 is 11.6. The number of nitrogens with zero attached hydrogens (tertiary/aromatic N) is 2. The quantitative estimate of drug-likeness (QED) is 0.501. The van der Waals surface area contributed by atoms with Gasteiger partial charge in [-0.05, 0) is 65.2 Å². The van der Waals surface area contributed by atoms with Gasteiger partial charge in [-0.2, -0.15) is 0 Å². The SMILES string of the molecule is S=c1[nH]nc(-c2cc(I)cc(-c3n[nH]c(=S)o3)c2)o1. The van der Waals surface area contributed by atoms with Crippen LogP contribution in [0.1, 0.15) is 0 Å². The lowest BCUT2D eigenvalue weighted by atomic mass is 10.1. The molecule has 0 aliphatic heterocycles. The van der Waals surface area contributed by atoms with Gasteiger partial charge in [0, 0.05) is 14.7 Å². The molecule has 3 aromatic rings. The molecule has 0 aliphatic carbocycles. The molecule has 96 valence electrons. The van der Waals surface area contributed by atoms with Crippen LogP contribution < -0.4 is 0 Å². The first-order chi connectivity index (χ1) is 9.11. The van der Waals surface area contributed by atoms with Gasteiger partial charge in [0.1, 0.15) is 0 Å². The summed E-state index contributed by atoms with van der Waals surface area (Å²) in [7, 11) is 0. The topological polar surface area (TPSA) is 83.6 Å². The average Bonchev–Trinajstić information content (AvgIpc) is 2.97. The van der Waals surface area contributed by atoms with E-state index in [1.54, 1.807) is 0 Å². The van der Waals surface area contributed by atoms with E-state index in [1.165, 1.54) is 0 Å². The minimum atomic E-state index is 0.229. The van der Waals surface area contributed by atoms with Crippen molar-refractivity contribution < 1.29 is 8.83 Å². The largest absolute Gasteiger partial charge is 0.409 e. The van der Waals surface area contributed by atoms with Crippen molar-refractivity contribution in [2.75, 3.05) is 0 Å². The van der Waals surface area contributed by atoms with Crippen molar-refractivity contribution in [3.8, 4) is 22.9 Å². The van der Waals surface area contributed by atoms with Crippen LogP contribution >= 0.6 is 47.0 Å². The molecular weight excluding hydrogens is 399 g/mol. The Hall–Kier alpha value is -1.33. The van der Waals surface area contributed by atoms with Crippen molar-refractivity contribution in [2.24, 2.45) is 0 Å². The Morgan fingerprint density at radius 1 is 0.895 bits per heavy atom. The number of halogens is 1. The smallest absolute Gasteiger partial charge is 0.284 e. The Labute approximate surface area is 130 Å². The highest BCUT2D eigenvalue weighted by Gasteiger charge is 2.11. The fourth-order valence-electron chi connectivity index (χ4n) is 1.54. The Morgan fingerprint density at radius 2 is 1.37 bits per heavy atom. The highest BCUT2D eigenvalue weighted by molar-refractivity contribution is 14.1. The van der Waals surface area contributed by atoms with E-state index in [0.29, 0.717) is 11.8 Å². The van der Waals surface area contributed by atoms with Crippen molar-refractivity contribution in [1.29, 1.82) is 0 Å². The highest BCUT2D eigenvalue weighted by atomic mass is 127. The van der Waals surface area contributed by atoms with Crippen LogP contribution in [0.5, 0.6) is 0 Å². The minimum Gasteiger partial charge on any atom is -0.409 e. The first-order valence-corrected chi connectivity index (χ1v) is 6.94. The molecule has 0 atom stereocenters. The molecule has 0 spiro atoms. The number of aromatic amines is 2. The number of hydrogen-bond donors (Lipinski definition) is 2. The van der Waals surface area contributed by atoms with E-state index in [1.807, 2.05) is 18.2 Å². The molecule has 0 aliphatic rings. The lowest BCUT2D eigenvalue weighted by molar-refractivity contribution is 0.550. The van der Waals surface area contributed by atoms with Gasteiger partial charge in [-0.25, -0.2) is 10.2 Å². The van der Waals surface area contributed by atoms with Crippen LogP contribution in [0.2, 0.25) is 0 Å². The van der Waals surface area contributed by atoms with Gasteiger partial charge in [-0.1, -0.05) is 0 Å². The zero-order valence-electron chi connectivity index (χ0n) is 9.14. The molecule has 9 heteroatoms. The van der Waals surface area contributed by atoms with E-state index in [-0.39, 0.29) is 9.67 Å². The Balaban J connectivity index is 2.15. The van der Waals surface area contributed by atoms with Crippen molar-refractivity contribution in [3.63, 3.8) is 0 Å². The molecule has 0 radical (unpaired) electrons. The first kappa shape index (κ1) is 12.7. The Morgan fingerprint density at radius 3 is 1.74 bits per heavy atom. The number of rotatable bonds is 2. The van der Waals surface area contributed by atoms with E-state index in [9.17, 15) is 0 Å². The van der Waals surface area contributed by atoms with Crippen LogP contribution in [-0.2, 0) is 0 Å². The molecular formula is C10H5IN4O2S2. The average molecular weight is 404 g/mol. The van der Waals surface area contributed by atoms with Gasteiger partial charge in [0.15, 0.2) is 0 Å². The van der Waals surface area contributed by atoms with Crippen molar-refractivity contribution >= 4 is 47.0 Å². The monoisotopic (exact) mass is 404 g/mol. The molecule has 3 rings (SSSR count). The third kappa shape index (κ3) is 2.67. The number of benzene rings is 1. The third-order valence-corrected chi connectivity index (χ3v) is 3.24. The fourth-order valence-corrected chi connectivity index (χ4v) is 2.46. The first-order valence-electron chi connectivity index (χ1n) is 5.04. The highest BCUT2D eigenvalue weighted by Crippen LogP contribution is 2.27. The molecule has 0 fully saturated rings. The number of H-pyrrole nitrogens is 2. The van der Waals surface area contributed by atoms with E-state index in [4.69, 9.17) is 33.3 Å². The fraction of sp³-hybridized carbons (Fsp3) is 0. The zero-order valence-corrected chi connectivity index (χ0v) is 12.9. The summed E-state index contributed by atoms with van der Waals surface area (Å²) in [5.41, 5.74) is 1.55. The molecule has 0 bridgehead atoms. The van der Waals surface area contributed by atoms with E-state index in [0.717, 1.165) is 14.7 Å². The van der Waals surface area contributed by atoms with E-state index >= 15 is 0 Å². The lowest BCUT2D eigenvalue weighted by Crippen LogP contribution is -1.85. The molecule has 2 N–H and O–H groups in total. The van der Waals surface area contributed by atoms with Crippen molar-refractivity contribution in [3.05, 3.63) is 31.4 Å². The third-order valence-electron chi connectivity index (χ3n) is 2.27. The Kier molecular flexibility index (Phi) is 3.33. The number of aromatic nitrogens is 4. The van der Waals surface area contributed by atoms with Crippen molar-refractivity contribution in [1.82, 2.24) is 20.4 Å². The van der Waals surface area contributed by atoms with Crippen LogP contribution in [0.15, 0.2) is 27.0 Å². The Bertz CT molecular complexity index is 781. The van der Waals surface area contributed by atoms with Gasteiger partial charge in [-0.3, -0.25) is 0 Å². The molecule has 0 unspecified atom stereocenters. The summed E-state index contributed by atoms with van der Waals surface area (Å²) in [6.07, 6.45) is 0. The maximum Gasteiger partial charge on any atom is 0.284 e. The number of nitrogens with one attached hydrogen (secondary N) is 2. The van der Waals surface area contributed by atoms with Crippen molar-refractivity contribution in [2.45, 2.75) is 0 Å². The van der Waals surface area contributed by atoms with Gasteiger partial charge in [0.05, 0.1) is 0 Å². The molecule has 1 aromatic carbocycles. The van der Waals surface area contributed by atoms with E-state index < -0.39 is 0 Å². The summed E-state index contributed by atoms with van der Waals surface area (Å²) in [6.45, 7) is 0. The molecule has 2 heterocycles. The normalized spacial score (nSPS) is 10.8. The summed E-state index contributed by atoms with van der Waals surface area (Å²) in [5, 5.41) is 13.1. The molecule has 6 nitrogen and oxygen atoms in total. The molecule has 2 aromatic heterocycles. The zero-order chi connectivity index (χ0) is 13.4. The second-order valence-corrected chi connectivity index (χ2v) is 5.55. The molecule has 0 saturated heterocycles. The molecule has 0 saturated carbocycles. The predicted molar refractivity (Wildman–Crippen MR) is 80.5 cm³/mol. The summed E-state index contributed by atoms with van der Waals surface area (Å²) in [6, 6.07) is 5.67. The van der Waals surface area contributed by atoms with Gasteiger partial charge >= 0.3 is 0 Å². The van der Waals surface area contributed by atoms with Crippen LogP contribution in [0.3, 0.4) is 0 Å². The summed E-state index contributed by atoms with van der Waals surface area (Å²) in [5.74, 6) is 0.831. The van der Waals surface area contributed by atoms with Gasteiger partial charge < -0.3 is 8.83 Å².